The third-order valence-corrected chi connectivity index (χ3v) is 6.09. The molecule has 2 aromatic rings. The molecular formula is C21H29N7OS. The second-order valence-corrected chi connectivity index (χ2v) is 8.73. The van der Waals surface area contributed by atoms with Gasteiger partial charge in [-0.25, -0.2) is 0 Å². The Bertz CT molecular complexity index is 883. The number of piperazine rings is 1. The zero-order valence-corrected chi connectivity index (χ0v) is 18.8. The fourth-order valence-corrected chi connectivity index (χ4v) is 4.54. The summed E-state index contributed by atoms with van der Waals surface area (Å²) in [7, 11) is 3.87. The van der Waals surface area contributed by atoms with Crippen LogP contribution < -0.4 is 4.90 Å². The minimum atomic E-state index is -0.271. The van der Waals surface area contributed by atoms with Crippen LogP contribution in [0, 0.1) is 11.3 Å². The predicted molar refractivity (Wildman–Crippen MR) is 118 cm³/mol. The lowest BCUT2D eigenvalue weighted by Crippen LogP contribution is -2.50. The van der Waals surface area contributed by atoms with E-state index in [1.54, 1.807) is 0 Å². The first-order chi connectivity index (χ1) is 14.4. The molecule has 1 aromatic carbocycles. The Labute approximate surface area is 182 Å². The van der Waals surface area contributed by atoms with Gasteiger partial charge in [-0.15, -0.1) is 10.2 Å². The first kappa shape index (κ1) is 22.1. The fourth-order valence-electron chi connectivity index (χ4n) is 3.57. The van der Waals surface area contributed by atoms with Crippen LogP contribution in [0.5, 0.6) is 0 Å². The lowest BCUT2D eigenvalue weighted by molar-refractivity contribution is -0.130. The molecule has 0 unspecified atom stereocenters. The van der Waals surface area contributed by atoms with Crippen LogP contribution in [0.15, 0.2) is 35.5 Å². The van der Waals surface area contributed by atoms with Crippen LogP contribution >= 0.6 is 11.8 Å². The molecule has 1 aromatic heterocycles. The van der Waals surface area contributed by atoms with E-state index in [0.717, 1.165) is 16.7 Å². The molecule has 9 heteroatoms. The van der Waals surface area contributed by atoms with Crippen LogP contribution in [0.4, 0.5) is 5.95 Å². The van der Waals surface area contributed by atoms with Crippen molar-refractivity contribution in [1.29, 1.82) is 5.26 Å². The largest absolute Gasteiger partial charge is 0.347 e. The first-order valence-electron chi connectivity index (χ1n) is 10.1. The standard InChI is InChI=1S/C21H29N7OS/c1-16(2)28-20(25(3)4)23-24-21(28)30-15-19(29)27-12-10-26(11-13-27)18(14-22)17-8-6-5-7-9-17/h5-9,16,18H,10-13,15H2,1-4H3/t18-/m1/s1. The van der Waals surface area contributed by atoms with Crippen LogP contribution in [-0.4, -0.2) is 76.5 Å². The molecule has 1 aliphatic heterocycles. The Morgan fingerprint density at radius 1 is 1.17 bits per heavy atom. The minimum Gasteiger partial charge on any atom is -0.347 e. The molecule has 0 bridgehead atoms. The van der Waals surface area contributed by atoms with E-state index in [2.05, 4.69) is 35.0 Å². The Morgan fingerprint density at radius 3 is 2.40 bits per heavy atom. The molecular weight excluding hydrogens is 398 g/mol. The van der Waals surface area contributed by atoms with Crippen LogP contribution in [0.1, 0.15) is 31.5 Å². The van der Waals surface area contributed by atoms with Crippen LogP contribution in [0.2, 0.25) is 0 Å². The number of carbonyl (C=O) groups is 1. The van der Waals surface area contributed by atoms with E-state index in [9.17, 15) is 10.1 Å². The van der Waals surface area contributed by atoms with E-state index in [1.807, 2.05) is 58.8 Å². The third kappa shape index (κ3) is 4.94. The molecule has 160 valence electrons. The number of nitriles is 1. The molecule has 8 nitrogen and oxygen atoms in total. The Kier molecular flexibility index (Phi) is 7.34. The number of amides is 1. The van der Waals surface area contributed by atoms with Crippen LogP contribution in [0.25, 0.3) is 0 Å². The molecule has 1 atom stereocenters. The van der Waals surface area contributed by atoms with Gasteiger partial charge in [0.2, 0.25) is 11.9 Å². The lowest BCUT2D eigenvalue weighted by atomic mass is 10.1. The van der Waals surface area contributed by atoms with Crippen LogP contribution in [0.3, 0.4) is 0 Å². The van der Waals surface area contributed by atoms with Crippen molar-refractivity contribution in [1.82, 2.24) is 24.6 Å². The molecule has 1 fully saturated rings. The fraction of sp³-hybridized carbons (Fsp3) is 0.524. The van der Waals surface area contributed by atoms with E-state index in [-0.39, 0.29) is 18.0 Å². The van der Waals surface area contributed by atoms with Crippen molar-refractivity contribution in [2.75, 3.05) is 50.9 Å². The van der Waals surface area contributed by atoms with Gasteiger partial charge in [0, 0.05) is 46.3 Å². The monoisotopic (exact) mass is 427 g/mol. The number of carbonyl (C=O) groups excluding carboxylic acids is 1. The van der Waals surface area contributed by atoms with E-state index in [0.29, 0.717) is 31.9 Å². The number of hydrogen-bond acceptors (Lipinski definition) is 7. The predicted octanol–water partition coefficient (Wildman–Crippen LogP) is 2.43. The maximum Gasteiger partial charge on any atom is 0.233 e. The van der Waals surface area contributed by atoms with Crippen molar-refractivity contribution in [3.05, 3.63) is 35.9 Å². The zero-order chi connectivity index (χ0) is 21.7. The summed E-state index contributed by atoms with van der Waals surface area (Å²) in [6.07, 6.45) is 0. The molecule has 0 spiro atoms. The highest BCUT2D eigenvalue weighted by Crippen LogP contribution is 2.26. The number of hydrogen-bond donors (Lipinski definition) is 0. The Morgan fingerprint density at radius 2 is 1.83 bits per heavy atom. The maximum atomic E-state index is 12.8. The SMILES string of the molecule is CC(C)n1c(SCC(=O)N2CCN([C@H](C#N)c3ccccc3)CC2)nnc1N(C)C. The quantitative estimate of drug-likeness (QED) is 0.628. The molecule has 3 rings (SSSR count). The van der Waals surface area contributed by atoms with Gasteiger partial charge in [-0.3, -0.25) is 14.3 Å². The summed E-state index contributed by atoms with van der Waals surface area (Å²) in [5.41, 5.74) is 1.00. The van der Waals surface area contributed by atoms with Crippen molar-refractivity contribution in [2.45, 2.75) is 31.1 Å². The average Bonchev–Trinajstić information content (AvgIpc) is 3.18. The van der Waals surface area contributed by atoms with Crippen molar-refractivity contribution >= 4 is 23.6 Å². The summed E-state index contributed by atoms with van der Waals surface area (Å²) in [5, 5.41) is 18.9. The molecule has 0 N–H and O–H groups in total. The van der Waals surface area contributed by atoms with Gasteiger partial charge < -0.3 is 9.80 Å². The molecule has 1 saturated heterocycles. The third-order valence-electron chi connectivity index (χ3n) is 5.16. The number of benzene rings is 1. The lowest BCUT2D eigenvalue weighted by Gasteiger charge is -2.37. The Balaban J connectivity index is 1.56. The second kappa shape index (κ2) is 9.96. The van der Waals surface area contributed by atoms with E-state index in [4.69, 9.17) is 0 Å². The van der Waals surface area contributed by atoms with Crippen molar-refractivity contribution in [3.8, 4) is 6.07 Å². The molecule has 0 radical (unpaired) electrons. The number of aromatic nitrogens is 3. The smallest absolute Gasteiger partial charge is 0.233 e. The number of thioether (sulfide) groups is 1. The van der Waals surface area contributed by atoms with E-state index >= 15 is 0 Å². The average molecular weight is 428 g/mol. The molecule has 0 saturated carbocycles. The van der Waals surface area contributed by atoms with Gasteiger partial charge in [0.15, 0.2) is 5.16 Å². The second-order valence-electron chi connectivity index (χ2n) is 7.79. The van der Waals surface area contributed by atoms with Gasteiger partial charge in [0.1, 0.15) is 6.04 Å². The summed E-state index contributed by atoms with van der Waals surface area (Å²) in [6, 6.07) is 12.2. The summed E-state index contributed by atoms with van der Waals surface area (Å²) < 4.78 is 2.05. The highest BCUT2D eigenvalue weighted by Gasteiger charge is 2.27. The van der Waals surface area contributed by atoms with Crippen LogP contribution in [-0.2, 0) is 4.79 Å². The highest BCUT2D eigenvalue weighted by atomic mass is 32.2. The van der Waals surface area contributed by atoms with Gasteiger partial charge in [-0.05, 0) is 19.4 Å². The van der Waals surface area contributed by atoms with Gasteiger partial charge in [-0.2, -0.15) is 5.26 Å². The molecule has 2 heterocycles. The molecule has 1 aliphatic rings. The highest BCUT2D eigenvalue weighted by molar-refractivity contribution is 7.99. The molecule has 1 amide bonds. The number of anilines is 1. The Hall–Kier alpha value is -2.57. The van der Waals surface area contributed by atoms with Gasteiger partial charge in [0.25, 0.3) is 0 Å². The maximum absolute atomic E-state index is 12.8. The number of rotatable bonds is 7. The van der Waals surface area contributed by atoms with E-state index < -0.39 is 0 Å². The van der Waals surface area contributed by atoms with Crippen molar-refractivity contribution in [2.24, 2.45) is 0 Å². The van der Waals surface area contributed by atoms with Gasteiger partial charge in [-0.1, -0.05) is 42.1 Å². The summed E-state index contributed by atoms with van der Waals surface area (Å²) in [4.78, 5) is 18.7. The normalized spacial score (nSPS) is 15.8. The summed E-state index contributed by atoms with van der Waals surface area (Å²) >= 11 is 1.43. The van der Waals surface area contributed by atoms with Crippen molar-refractivity contribution in [3.63, 3.8) is 0 Å². The van der Waals surface area contributed by atoms with Gasteiger partial charge >= 0.3 is 0 Å². The molecule has 30 heavy (non-hydrogen) atoms. The molecule has 0 aliphatic carbocycles. The summed E-state index contributed by atoms with van der Waals surface area (Å²) in [5.74, 6) is 1.22. The minimum absolute atomic E-state index is 0.0950. The van der Waals surface area contributed by atoms with E-state index in [1.165, 1.54) is 11.8 Å². The zero-order valence-electron chi connectivity index (χ0n) is 18.0. The number of nitrogens with zero attached hydrogens (tertiary/aromatic N) is 7. The van der Waals surface area contributed by atoms with Crippen molar-refractivity contribution < 1.29 is 4.79 Å². The summed E-state index contributed by atoms with van der Waals surface area (Å²) in [6.45, 7) is 6.81. The first-order valence-corrected chi connectivity index (χ1v) is 11.1. The van der Waals surface area contributed by atoms with Gasteiger partial charge in [0.05, 0.1) is 11.8 Å². The topological polar surface area (TPSA) is 81.3 Å².